The summed E-state index contributed by atoms with van der Waals surface area (Å²) in [5.41, 5.74) is 0.691. The molecule has 2 N–H and O–H groups in total. The van der Waals surface area contributed by atoms with Crippen LogP contribution in [0.2, 0.25) is 0 Å². The first-order chi connectivity index (χ1) is 8.88. The third-order valence-corrected chi connectivity index (χ3v) is 3.19. The molecule has 0 unspecified atom stereocenters. The minimum Gasteiger partial charge on any atom is -0.355 e. The minimum absolute atomic E-state index is 0.0870. The zero-order chi connectivity index (χ0) is 14.0. The molecule has 1 heterocycles. The third-order valence-electron chi connectivity index (χ3n) is 3.19. The van der Waals surface area contributed by atoms with E-state index in [9.17, 15) is 9.59 Å². The molecule has 102 valence electrons. The molecule has 1 saturated heterocycles. The fourth-order valence-corrected chi connectivity index (χ4v) is 2.38. The van der Waals surface area contributed by atoms with E-state index in [0.29, 0.717) is 6.54 Å². The second-order valence-electron chi connectivity index (χ2n) is 5.98. The smallest absolute Gasteiger partial charge is 0.233 e. The standard InChI is InChI=1S/C15H20N2O2/c1-15(2,3)17-14(19)12-11(9-16-13(12)18)10-7-5-4-6-8-10/h4-8,11-12H,9H2,1-3H3,(H,16,18)(H,17,19)/t11-,12-/m0/s1. The van der Waals surface area contributed by atoms with Crippen LogP contribution in [-0.4, -0.2) is 23.9 Å². The van der Waals surface area contributed by atoms with Crippen molar-refractivity contribution < 1.29 is 9.59 Å². The zero-order valence-corrected chi connectivity index (χ0v) is 11.6. The number of rotatable bonds is 2. The van der Waals surface area contributed by atoms with Crippen LogP contribution in [0.15, 0.2) is 30.3 Å². The summed E-state index contributed by atoms with van der Waals surface area (Å²) in [5.74, 6) is -1.11. The maximum absolute atomic E-state index is 12.3. The average molecular weight is 260 g/mol. The maximum atomic E-state index is 12.3. The second kappa shape index (κ2) is 5.03. The van der Waals surface area contributed by atoms with Gasteiger partial charge in [0.25, 0.3) is 0 Å². The van der Waals surface area contributed by atoms with Crippen molar-refractivity contribution in [2.24, 2.45) is 5.92 Å². The summed E-state index contributed by atoms with van der Waals surface area (Å²) in [5, 5.41) is 5.68. The number of carbonyl (C=O) groups is 2. The third kappa shape index (κ3) is 3.13. The van der Waals surface area contributed by atoms with Crippen LogP contribution in [0.5, 0.6) is 0 Å². The quantitative estimate of drug-likeness (QED) is 0.790. The lowest BCUT2D eigenvalue weighted by molar-refractivity contribution is -0.134. The van der Waals surface area contributed by atoms with Crippen LogP contribution in [0.4, 0.5) is 0 Å². The normalized spacial score (nSPS) is 23.0. The van der Waals surface area contributed by atoms with Gasteiger partial charge in [0.15, 0.2) is 0 Å². The first-order valence-electron chi connectivity index (χ1n) is 6.53. The van der Waals surface area contributed by atoms with E-state index in [4.69, 9.17) is 0 Å². The molecule has 0 saturated carbocycles. The van der Waals surface area contributed by atoms with E-state index in [2.05, 4.69) is 10.6 Å². The second-order valence-corrected chi connectivity index (χ2v) is 5.98. The van der Waals surface area contributed by atoms with E-state index < -0.39 is 5.92 Å². The summed E-state index contributed by atoms with van der Waals surface area (Å²) in [6.45, 7) is 6.25. The first kappa shape index (κ1) is 13.6. The van der Waals surface area contributed by atoms with Crippen molar-refractivity contribution in [2.75, 3.05) is 6.54 Å². The van der Waals surface area contributed by atoms with Crippen LogP contribution in [-0.2, 0) is 9.59 Å². The Kier molecular flexibility index (Phi) is 3.60. The number of amides is 2. The van der Waals surface area contributed by atoms with Crippen LogP contribution in [0.25, 0.3) is 0 Å². The first-order valence-corrected chi connectivity index (χ1v) is 6.53. The van der Waals surface area contributed by atoms with Crippen molar-refractivity contribution in [3.8, 4) is 0 Å². The summed E-state index contributed by atoms with van der Waals surface area (Å²) >= 11 is 0. The largest absolute Gasteiger partial charge is 0.355 e. The summed E-state index contributed by atoms with van der Waals surface area (Å²) < 4.78 is 0. The highest BCUT2D eigenvalue weighted by molar-refractivity contribution is 6.03. The van der Waals surface area contributed by atoms with Gasteiger partial charge in [-0.25, -0.2) is 0 Å². The fourth-order valence-electron chi connectivity index (χ4n) is 2.38. The van der Waals surface area contributed by atoms with Crippen LogP contribution < -0.4 is 10.6 Å². The predicted molar refractivity (Wildman–Crippen MR) is 73.6 cm³/mol. The van der Waals surface area contributed by atoms with Gasteiger partial charge < -0.3 is 10.6 Å². The molecule has 0 radical (unpaired) electrons. The van der Waals surface area contributed by atoms with E-state index in [-0.39, 0.29) is 23.3 Å². The predicted octanol–water partition coefficient (Wildman–Crippen LogP) is 1.43. The lowest BCUT2D eigenvalue weighted by atomic mass is 9.87. The Morgan fingerprint density at radius 1 is 1.26 bits per heavy atom. The van der Waals surface area contributed by atoms with Gasteiger partial charge in [-0.1, -0.05) is 30.3 Å². The summed E-state index contributed by atoms with van der Waals surface area (Å²) in [4.78, 5) is 24.2. The van der Waals surface area contributed by atoms with Crippen molar-refractivity contribution in [3.63, 3.8) is 0 Å². The molecule has 0 aliphatic carbocycles. The SMILES string of the molecule is CC(C)(C)NC(=O)[C@@H]1C(=O)NC[C@H]1c1ccccc1. The summed E-state index contributed by atoms with van der Waals surface area (Å²) in [6, 6.07) is 9.70. The molecule has 2 rings (SSSR count). The molecule has 0 bridgehead atoms. The lowest BCUT2D eigenvalue weighted by Gasteiger charge is -2.24. The van der Waals surface area contributed by atoms with Crippen LogP contribution in [0, 0.1) is 5.92 Å². The Morgan fingerprint density at radius 3 is 2.47 bits per heavy atom. The molecule has 4 nitrogen and oxygen atoms in total. The van der Waals surface area contributed by atoms with Gasteiger partial charge in [0, 0.05) is 18.0 Å². The number of nitrogens with one attached hydrogen (secondary N) is 2. The minimum atomic E-state index is -0.637. The Bertz CT molecular complexity index is 477. The van der Waals surface area contributed by atoms with Gasteiger partial charge >= 0.3 is 0 Å². The Hall–Kier alpha value is -1.84. The molecule has 1 aromatic carbocycles. The van der Waals surface area contributed by atoms with Crippen molar-refractivity contribution in [1.29, 1.82) is 0 Å². The van der Waals surface area contributed by atoms with Gasteiger partial charge in [0.05, 0.1) is 0 Å². The zero-order valence-electron chi connectivity index (χ0n) is 11.6. The average Bonchev–Trinajstić information content (AvgIpc) is 2.70. The summed E-state index contributed by atoms with van der Waals surface area (Å²) in [6.07, 6.45) is 0. The van der Waals surface area contributed by atoms with Gasteiger partial charge in [-0.2, -0.15) is 0 Å². The van der Waals surface area contributed by atoms with Gasteiger partial charge in [-0.05, 0) is 26.3 Å². The highest BCUT2D eigenvalue weighted by Crippen LogP contribution is 2.29. The number of hydrogen-bond acceptors (Lipinski definition) is 2. The molecule has 4 heteroatoms. The Morgan fingerprint density at radius 2 is 1.89 bits per heavy atom. The van der Waals surface area contributed by atoms with Crippen LogP contribution >= 0.6 is 0 Å². The molecule has 1 fully saturated rings. The maximum Gasteiger partial charge on any atom is 0.233 e. The Labute approximate surface area is 113 Å². The molecule has 0 aromatic heterocycles. The molecule has 1 aromatic rings. The molecular weight excluding hydrogens is 240 g/mol. The highest BCUT2D eigenvalue weighted by Gasteiger charge is 2.41. The van der Waals surface area contributed by atoms with Crippen molar-refractivity contribution in [3.05, 3.63) is 35.9 Å². The van der Waals surface area contributed by atoms with E-state index in [0.717, 1.165) is 5.56 Å². The molecular formula is C15H20N2O2. The number of carbonyl (C=O) groups excluding carboxylic acids is 2. The number of benzene rings is 1. The van der Waals surface area contributed by atoms with Crippen LogP contribution in [0.1, 0.15) is 32.3 Å². The highest BCUT2D eigenvalue weighted by atomic mass is 16.2. The monoisotopic (exact) mass is 260 g/mol. The van der Waals surface area contributed by atoms with Crippen LogP contribution in [0.3, 0.4) is 0 Å². The van der Waals surface area contributed by atoms with Gasteiger partial charge in [0.2, 0.25) is 11.8 Å². The van der Waals surface area contributed by atoms with Gasteiger partial charge in [0.1, 0.15) is 5.92 Å². The molecule has 0 spiro atoms. The fraction of sp³-hybridized carbons (Fsp3) is 0.467. The van der Waals surface area contributed by atoms with Gasteiger partial charge in [-0.3, -0.25) is 9.59 Å². The molecule has 1 aliphatic rings. The topological polar surface area (TPSA) is 58.2 Å². The summed E-state index contributed by atoms with van der Waals surface area (Å²) in [7, 11) is 0. The van der Waals surface area contributed by atoms with E-state index in [1.165, 1.54) is 0 Å². The van der Waals surface area contributed by atoms with Crippen molar-refractivity contribution in [2.45, 2.75) is 32.2 Å². The van der Waals surface area contributed by atoms with Crippen molar-refractivity contribution >= 4 is 11.8 Å². The molecule has 1 aliphatic heterocycles. The van der Waals surface area contributed by atoms with E-state index in [1.54, 1.807) is 0 Å². The van der Waals surface area contributed by atoms with E-state index >= 15 is 0 Å². The molecule has 2 atom stereocenters. The van der Waals surface area contributed by atoms with Gasteiger partial charge in [-0.15, -0.1) is 0 Å². The Balaban J connectivity index is 2.21. The van der Waals surface area contributed by atoms with Crippen molar-refractivity contribution in [1.82, 2.24) is 10.6 Å². The number of hydrogen-bond donors (Lipinski definition) is 2. The lowest BCUT2D eigenvalue weighted by Crippen LogP contribution is -2.46. The molecule has 19 heavy (non-hydrogen) atoms. The molecule has 2 amide bonds. The van der Waals surface area contributed by atoms with E-state index in [1.807, 2.05) is 51.1 Å².